The van der Waals surface area contributed by atoms with Gasteiger partial charge in [-0.2, -0.15) is 0 Å². The second kappa shape index (κ2) is 5.41. The molecule has 6 nitrogen and oxygen atoms in total. The molecule has 0 bridgehead atoms. The van der Waals surface area contributed by atoms with Crippen molar-refractivity contribution in [1.29, 1.82) is 0 Å². The van der Waals surface area contributed by atoms with E-state index < -0.39 is 27.4 Å². The number of sulfonamides is 1. The first kappa shape index (κ1) is 15.8. The highest BCUT2D eigenvalue weighted by Gasteiger charge is 2.30. The molecular formula is C16H12F2N2O4S. The third kappa shape index (κ3) is 2.51. The molecular weight excluding hydrogens is 354 g/mol. The Hall–Kier alpha value is -2.68. The van der Waals surface area contributed by atoms with Gasteiger partial charge in [0.05, 0.1) is 16.1 Å². The highest BCUT2D eigenvalue weighted by molar-refractivity contribution is 7.92. The summed E-state index contributed by atoms with van der Waals surface area (Å²) in [5.41, 5.74) is 1.04. The van der Waals surface area contributed by atoms with Crippen molar-refractivity contribution < 1.29 is 21.6 Å². The van der Waals surface area contributed by atoms with E-state index in [4.69, 9.17) is 4.42 Å². The molecule has 1 N–H and O–H groups in total. The van der Waals surface area contributed by atoms with Gasteiger partial charge >= 0.3 is 5.76 Å². The van der Waals surface area contributed by atoms with E-state index in [2.05, 4.69) is 4.98 Å². The van der Waals surface area contributed by atoms with Crippen molar-refractivity contribution in [2.75, 3.05) is 10.8 Å². The Bertz CT molecular complexity index is 1150. The van der Waals surface area contributed by atoms with Crippen molar-refractivity contribution in [3.8, 4) is 0 Å². The van der Waals surface area contributed by atoms with Crippen LogP contribution in [0, 0.1) is 11.6 Å². The van der Waals surface area contributed by atoms with Crippen LogP contribution in [0.4, 0.5) is 14.5 Å². The highest BCUT2D eigenvalue weighted by atomic mass is 32.2. The average molecular weight is 366 g/mol. The zero-order chi connectivity index (χ0) is 17.8. The molecule has 3 aromatic rings. The first-order valence-electron chi connectivity index (χ1n) is 7.50. The average Bonchev–Trinajstić information content (AvgIpc) is 2.94. The van der Waals surface area contributed by atoms with Gasteiger partial charge in [-0.1, -0.05) is 0 Å². The van der Waals surface area contributed by atoms with Gasteiger partial charge in [0.15, 0.2) is 17.2 Å². The van der Waals surface area contributed by atoms with Crippen LogP contribution in [-0.4, -0.2) is 19.9 Å². The first-order valence-corrected chi connectivity index (χ1v) is 8.94. The summed E-state index contributed by atoms with van der Waals surface area (Å²) in [4.78, 5) is 13.6. The number of fused-ring (bicyclic) bond motifs is 2. The quantitative estimate of drug-likeness (QED) is 0.756. The van der Waals surface area contributed by atoms with Gasteiger partial charge in [-0.25, -0.2) is 22.0 Å². The van der Waals surface area contributed by atoms with Crippen LogP contribution in [0.5, 0.6) is 0 Å². The molecule has 1 aromatic heterocycles. The topological polar surface area (TPSA) is 83.4 Å². The number of hydrogen-bond donors (Lipinski definition) is 1. The molecule has 2 heterocycles. The third-order valence-corrected chi connectivity index (χ3v) is 5.99. The summed E-state index contributed by atoms with van der Waals surface area (Å²) in [7, 11) is -4.02. The van der Waals surface area contributed by atoms with E-state index in [-0.39, 0.29) is 22.7 Å². The molecule has 9 heteroatoms. The number of rotatable bonds is 2. The Balaban J connectivity index is 1.85. The molecule has 1 aliphatic heterocycles. The van der Waals surface area contributed by atoms with Gasteiger partial charge in [0.2, 0.25) is 0 Å². The largest absolute Gasteiger partial charge is 0.417 e. The molecule has 1 aliphatic rings. The normalized spacial score (nSPS) is 14.7. The van der Waals surface area contributed by atoms with Gasteiger partial charge < -0.3 is 4.42 Å². The van der Waals surface area contributed by atoms with Gasteiger partial charge in [-0.05, 0) is 36.6 Å². The van der Waals surface area contributed by atoms with E-state index in [1.165, 1.54) is 18.2 Å². The van der Waals surface area contributed by atoms with E-state index in [1.807, 2.05) is 0 Å². The SMILES string of the molecule is O=c1[nH]c2ccc(S(=O)(=O)N3CCCc4cc(F)c(F)cc43)cc2o1. The number of oxazole rings is 1. The maximum atomic E-state index is 13.6. The number of halogens is 2. The number of nitrogens with zero attached hydrogens (tertiary/aromatic N) is 1. The number of benzene rings is 2. The van der Waals surface area contributed by atoms with Crippen LogP contribution in [-0.2, 0) is 16.4 Å². The Kier molecular flexibility index (Phi) is 3.43. The lowest BCUT2D eigenvalue weighted by Gasteiger charge is -2.30. The van der Waals surface area contributed by atoms with Gasteiger partial charge in [-0.3, -0.25) is 9.29 Å². The minimum absolute atomic E-state index is 0.0969. The smallest absolute Gasteiger partial charge is 0.408 e. The number of H-pyrrole nitrogens is 1. The molecule has 25 heavy (non-hydrogen) atoms. The monoisotopic (exact) mass is 366 g/mol. The molecule has 0 aliphatic carbocycles. The molecule has 0 radical (unpaired) electrons. The Morgan fingerprint density at radius 2 is 1.88 bits per heavy atom. The third-order valence-electron chi connectivity index (χ3n) is 4.18. The van der Waals surface area contributed by atoms with Crippen molar-refractivity contribution >= 4 is 26.8 Å². The van der Waals surface area contributed by atoms with Crippen molar-refractivity contribution in [3.63, 3.8) is 0 Å². The molecule has 2 aromatic carbocycles. The molecule has 0 atom stereocenters. The summed E-state index contributed by atoms with van der Waals surface area (Å²) in [5, 5.41) is 0. The number of anilines is 1. The molecule has 0 spiro atoms. The predicted molar refractivity (Wildman–Crippen MR) is 86.0 cm³/mol. The minimum Gasteiger partial charge on any atom is -0.408 e. The van der Waals surface area contributed by atoms with Gasteiger partial charge in [0, 0.05) is 18.7 Å². The fourth-order valence-electron chi connectivity index (χ4n) is 3.01. The molecule has 4 rings (SSSR count). The van der Waals surface area contributed by atoms with E-state index in [0.717, 1.165) is 16.4 Å². The summed E-state index contributed by atoms with van der Waals surface area (Å²) in [5.74, 6) is -2.80. The number of aromatic amines is 1. The van der Waals surface area contributed by atoms with Crippen LogP contribution >= 0.6 is 0 Å². The standard InChI is InChI=1S/C16H12F2N2O4S/c17-11-6-9-2-1-5-20(14(9)8-12(11)18)25(22,23)10-3-4-13-15(7-10)24-16(21)19-13/h3-4,6-8H,1-2,5H2,(H,19,21). The summed E-state index contributed by atoms with van der Waals surface area (Å²) in [6, 6.07) is 5.91. The number of aromatic nitrogens is 1. The first-order chi connectivity index (χ1) is 11.9. The van der Waals surface area contributed by atoms with Crippen LogP contribution in [0.2, 0.25) is 0 Å². The second-order valence-corrected chi connectivity index (χ2v) is 7.61. The van der Waals surface area contributed by atoms with Crippen LogP contribution in [0.25, 0.3) is 11.1 Å². The van der Waals surface area contributed by atoms with Crippen LogP contribution < -0.4 is 10.1 Å². The lowest BCUT2D eigenvalue weighted by Crippen LogP contribution is -2.35. The second-order valence-electron chi connectivity index (χ2n) is 5.75. The number of aryl methyl sites for hydroxylation is 1. The van der Waals surface area contributed by atoms with Gasteiger partial charge in [-0.15, -0.1) is 0 Å². The zero-order valence-corrected chi connectivity index (χ0v) is 13.6. The van der Waals surface area contributed by atoms with E-state index in [1.54, 1.807) is 0 Å². The lowest BCUT2D eigenvalue weighted by atomic mass is 10.0. The van der Waals surface area contributed by atoms with Crippen molar-refractivity contribution in [1.82, 2.24) is 4.98 Å². The molecule has 0 unspecified atom stereocenters. The summed E-state index contributed by atoms with van der Waals surface area (Å²) in [6.45, 7) is 0.148. The number of nitrogens with one attached hydrogen (secondary N) is 1. The Morgan fingerprint density at radius 1 is 1.12 bits per heavy atom. The van der Waals surface area contributed by atoms with Crippen LogP contribution in [0.3, 0.4) is 0 Å². The Morgan fingerprint density at radius 3 is 2.68 bits per heavy atom. The molecule has 0 amide bonds. The van der Waals surface area contributed by atoms with Gasteiger partial charge in [0.25, 0.3) is 10.0 Å². The molecule has 0 saturated carbocycles. The molecule has 0 saturated heterocycles. The number of hydrogen-bond acceptors (Lipinski definition) is 4. The maximum absolute atomic E-state index is 13.6. The van der Waals surface area contributed by atoms with Crippen molar-refractivity contribution in [2.45, 2.75) is 17.7 Å². The van der Waals surface area contributed by atoms with Crippen LogP contribution in [0.15, 0.2) is 44.4 Å². The van der Waals surface area contributed by atoms with Crippen molar-refractivity contribution in [3.05, 3.63) is 58.1 Å². The summed E-state index contributed by atoms with van der Waals surface area (Å²) < 4.78 is 59.0. The maximum Gasteiger partial charge on any atom is 0.417 e. The van der Waals surface area contributed by atoms with Crippen molar-refractivity contribution in [2.24, 2.45) is 0 Å². The van der Waals surface area contributed by atoms with E-state index in [9.17, 15) is 22.0 Å². The fraction of sp³-hybridized carbons (Fsp3) is 0.188. The van der Waals surface area contributed by atoms with Gasteiger partial charge in [0.1, 0.15) is 0 Å². The summed E-state index contributed by atoms with van der Waals surface area (Å²) >= 11 is 0. The van der Waals surface area contributed by atoms with E-state index in [0.29, 0.717) is 23.9 Å². The molecule has 130 valence electrons. The lowest BCUT2D eigenvalue weighted by molar-refractivity contribution is 0.505. The zero-order valence-electron chi connectivity index (χ0n) is 12.8. The fourth-order valence-corrected chi connectivity index (χ4v) is 4.56. The predicted octanol–water partition coefficient (Wildman–Crippen LogP) is 2.54. The molecule has 0 fully saturated rings. The van der Waals surface area contributed by atoms with E-state index >= 15 is 0 Å². The Labute approximate surface area is 140 Å². The highest BCUT2D eigenvalue weighted by Crippen LogP contribution is 2.34. The summed E-state index contributed by atoms with van der Waals surface area (Å²) in [6.07, 6.45) is 0.947. The van der Waals surface area contributed by atoms with Crippen LogP contribution in [0.1, 0.15) is 12.0 Å². The minimum atomic E-state index is -4.02.